The van der Waals surface area contributed by atoms with Gasteiger partial charge in [-0.15, -0.1) is 0 Å². The minimum absolute atomic E-state index is 0.0620. The normalized spacial score (nSPS) is 11.9. The molecule has 0 aliphatic rings. The van der Waals surface area contributed by atoms with E-state index in [4.69, 9.17) is 14.2 Å². The molecule has 0 aromatic rings. The van der Waals surface area contributed by atoms with E-state index >= 15 is 0 Å². The first-order valence-electron chi connectivity index (χ1n) is 28.0. The monoisotopic (exact) mass is 877 g/mol. The topological polar surface area (TPSA) is 78.9 Å². The van der Waals surface area contributed by atoms with Crippen molar-refractivity contribution in [3.05, 3.63) is 0 Å². The van der Waals surface area contributed by atoms with Gasteiger partial charge in [-0.2, -0.15) is 0 Å². The van der Waals surface area contributed by atoms with E-state index in [0.717, 1.165) is 57.8 Å². The van der Waals surface area contributed by atoms with Crippen LogP contribution in [0.4, 0.5) is 0 Å². The van der Waals surface area contributed by atoms with Crippen LogP contribution < -0.4 is 0 Å². The molecule has 368 valence electrons. The van der Waals surface area contributed by atoms with Crippen LogP contribution in [0.1, 0.15) is 323 Å². The molecule has 0 rings (SSSR count). The molecule has 6 nitrogen and oxygen atoms in total. The lowest BCUT2D eigenvalue weighted by Crippen LogP contribution is -2.30. The van der Waals surface area contributed by atoms with Gasteiger partial charge in [0, 0.05) is 19.3 Å². The molecule has 0 saturated heterocycles. The first-order valence-corrected chi connectivity index (χ1v) is 28.0. The summed E-state index contributed by atoms with van der Waals surface area (Å²) in [4.78, 5) is 37.9. The fourth-order valence-electron chi connectivity index (χ4n) is 8.62. The SMILES string of the molecule is CCCCCCCCCCCCCCCCCCCCCCC(=O)OCC(COC(=O)CCCCCCCCC)OC(=O)CCCCCCCCCCCCCCCCCCC. The van der Waals surface area contributed by atoms with Gasteiger partial charge in [0.05, 0.1) is 0 Å². The number of esters is 3. The van der Waals surface area contributed by atoms with Gasteiger partial charge >= 0.3 is 17.9 Å². The molecular formula is C56H108O6. The van der Waals surface area contributed by atoms with Gasteiger partial charge in [0.15, 0.2) is 6.10 Å². The highest BCUT2D eigenvalue weighted by Crippen LogP contribution is 2.17. The number of carbonyl (C=O) groups is 3. The fraction of sp³-hybridized carbons (Fsp3) is 0.946. The minimum atomic E-state index is -0.759. The molecule has 0 N–H and O–H groups in total. The summed E-state index contributed by atoms with van der Waals surface area (Å²) in [6.07, 6.45) is 56.9. The zero-order chi connectivity index (χ0) is 45.1. The lowest BCUT2D eigenvalue weighted by molar-refractivity contribution is -0.167. The molecule has 0 saturated carbocycles. The van der Waals surface area contributed by atoms with Gasteiger partial charge in [0.2, 0.25) is 0 Å². The molecule has 0 spiro atoms. The van der Waals surface area contributed by atoms with Crippen molar-refractivity contribution in [2.75, 3.05) is 13.2 Å². The minimum Gasteiger partial charge on any atom is -0.462 e. The molecule has 0 aliphatic carbocycles. The highest BCUT2D eigenvalue weighted by molar-refractivity contribution is 5.71. The maximum atomic E-state index is 12.8. The van der Waals surface area contributed by atoms with E-state index in [9.17, 15) is 14.4 Å². The molecule has 1 atom stereocenters. The number of rotatable bonds is 52. The second-order valence-corrected chi connectivity index (χ2v) is 19.2. The van der Waals surface area contributed by atoms with E-state index in [1.165, 1.54) is 225 Å². The molecule has 0 heterocycles. The molecule has 0 aliphatic heterocycles. The van der Waals surface area contributed by atoms with Crippen LogP contribution in [0.25, 0.3) is 0 Å². The second kappa shape index (κ2) is 52.0. The van der Waals surface area contributed by atoms with Crippen molar-refractivity contribution in [3.8, 4) is 0 Å². The Balaban J connectivity index is 4.13. The summed E-state index contributed by atoms with van der Waals surface area (Å²) in [5.74, 6) is -0.844. The van der Waals surface area contributed by atoms with Gasteiger partial charge in [0.25, 0.3) is 0 Å². The van der Waals surface area contributed by atoms with Crippen LogP contribution in [0, 0.1) is 0 Å². The number of ether oxygens (including phenoxy) is 3. The summed E-state index contributed by atoms with van der Waals surface area (Å²) in [5, 5.41) is 0. The van der Waals surface area contributed by atoms with Crippen molar-refractivity contribution < 1.29 is 28.6 Å². The van der Waals surface area contributed by atoms with Crippen LogP contribution in [0.3, 0.4) is 0 Å². The summed E-state index contributed by atoms with van der Waals surface area (Å²) >= 11 is 0. The van der Waals surface area contributed by atoms with Crippen LogP contribution >= 0.6 is 0 Å². The van der Waals surface area contributed by atoms with Crippen molar-refractivity contribution in [2.24, 2.45) is 0 Å². The maximum absolute atomic E-state index is 12.8. The Kier molecular flexibility index (Phi) is 50.7. The zero-order valence-corrected chi connectivity index (χ0v) is 42.2. The van der Waals surface area contributed by atoms with Crippen molar-refractivity contribution in [1.29, 1.82) is 0 Å². The molecule has 1 unspecified atom stereocenters. The van der Waals surface area contributed by atoms with Gasteiger partial charge in [-0.25, -0.2) is 0 Å². The second-order valence-electron chi connectivity index (χ2n) is 19.2. The molecule has 62 heavy (non-hydrogen) atoms. The van der Waals surface area contributed by atoms with Crippen molar-refractivity contribution in [3.63, 3.8) is 0 Å². The molecular weight excluding hydrogens is 769 g/mol. The highest BCUT2D eigenvalue weighted by atomic mass is 16.6. The van der Waals surface area contributed by atoms with Crippen molar-refractivity contribution in [1.82, 2.24) is 0 Å². The van der Waals surface area contributed by atoms with Gasteiger partial charge in [0.1, 0.15) is 13.2 Å². The molecule has 0 bridgehead atoms. The predicted octanol–water partition coefficient (Wildman–Crippen LogP) is 18.4. The zero-order valence-electron chi connectivity index (χ0n) is 42.2. The Hall–Kier alpha value is -1.59. The largest absolute Gasteiger partial charge is 0.462 e. The first kappa shape index (κ1) is 60.4. The van der Waals surface area contributed by atoms with E-state index in [0.29, 0.717) is 19.3 Å². The third-order valence-corrected chi connectivity index (χ3v) is 12.9. The average Bonchev–Trinajstić information content (AvgIpc) is 3.27. The van der Waals surface area contributed by atoms with Crippen molar-refractivity contribution in [2.45, 2.75) is 329 Å². The maximum Gasteiger partial charge on any atom is 0.306 e. The van der Waals surface area contributed by atoms with Gasteiger partial charge in [-0.1, -0.05) is 284 Å². The molecule has 0 aromatic carbocycles. The first-order chi connectivity index (χ1) is 30.5. The molecule has 0 radical (unpaired) electrons. The Morgan fingerprint density at radius 3 is 0.645 bits per heavy atom. The van der Waals surface area contributed by atoms with Crippen LogP contribution in [-0.2, 0) is 28.6 Å². The fourth-order valence-corrected chi connectivity index (χ4v) is 8.62. The van der Waals surface area contributed by atoms with Crippen LogP contribution in [-0.4, -0.2) is 37.2 Å². The molecule has 6 heteroatoms. The Labute approximate surface area is 387 Å². The third-order valence-electron chi connectivity index (χ3n) is 12.9. The lowest BCUT2D eigenvalue weighted by Gasteiger charge is -2.18. The molecule has 0 aromatic heterocycles. The van der Waals surface area contributed by atoms with Gasteiger partial charge < -0.3 is 14.2 Å². The Morgan fingerprint density at radius 2 is 0.435 bits per heavy atom. The standard InChI is InChI=1S/C56H108O6/c1-4-7-10-13-16-18-20-22-24-26-27-28-30-31-33-35-37-40-43-46-49-55(58)61-52-53(51-60-54(57)48-45-42-39-15-12-9-6-3)62-56(59)50-47-44-41-38-36-34-32-29-25-23-21-19-17-14-11-8-5-2/h53H,4-52H2,1-3H3. The van der Waals surface area contributed by atoms with E-state index < -0.39 is 6.10 Å². The highest BCUT2D eigenvalue weighted by Gasteiger charge is 2.19. The lowest BCUT2D eigenvalue weighted by atomic mass is 10.0. The average molecular weight is 877 g/mol. The van der Waals surface area contributed by atoms with Crippen LogP contribution in [0.5, 0.6) is 0 Å². The number of hydrogen-bond donors (Lipinski definition) is 0. The van der Waals surface area contributed by atoms with Crippen molar-refractivity contribution >= 4 is 17.9 Å². The van der Waals surface area contributed by atoms with Crippen LogP contribution in [0.2, 0.25) is 0 Å². The summed E-state index contributed by atoms with van der Waals surface area (Å²) in [6, 6.07) is 0. The van der Waals surface area contributed by atoms with E-state index in [2.05, 4.69) is 20.8 Å². The molecule has 0 fully saturated rings. The Bertz CT molecular complexity index is 920. The molecule has 0 amide bonds. The van der Waals surface area contributed by atoms with Crippen LogP contribution in [0.15, 0.2) is 0 Å². The van der Waals surface area contributed by atoms with E-state index in [1.54, 1.807) is 0 Å². The summed E-state index contributed by atoms with van der Waals surface area (Å²) in [6.45, 7) is 6.66. The van der Waals surface area contributed by atoms with E-state index in [-0.39, 0.29) is 31.1 Å². The number of hydrogen-bond acceptors (Lipinski definition) is 6. The summed E-state index contributed by atoms with van der Waals surface area (Å²) in [7, 11) is 0. The van der Waals surface area contributed by atoms with E-state index in [1.807, 2.05) is 0 Å². The summed E-state index contributed by atoms with van der Waals surface area (Å²) in [5.41, 5.74) is 0. The third kappa shape index (κ3) is 49.4. The smallest absolute Gasteiger partial charge is 0.306 e. The van der Waals surface area contributed by atoms with Gasteiger partial charge in [-0.3, -0.25) is 14.4 Å². The number of carbonyl (C=O) groups excluding carboxylic acids is 3. The Morgan fingerprint density at radius 1 is 0.258 bits per heavy atom. The quantitative estimate of drug-likeness (QED) is 0.0344. The predicted molar refractivity (Wildman–Crippen MR) is 266 cm³/mol. The van der Waals surface area contributed by atoms with Gasteiger partial charge in [-0.05, 0) is 19.3 Å². The number of unbranched alkanes of at least 4 members (excludes halogenated alkanes) is 41. The summed E-state index contributed by atoms with van der Waals surface area (Å²) < 4.78 is 16.8.